The molecule has 108 valence electrons. The number of hydrogen-bond acceptors (Lipinski definition) is 2. The van der Waals surface area contributed by atoms with Crippen LogP contribution in [0.25, 0.3) is 0 Å². The van der Waals surface area contributed by atoms with Crippen LogP contribution in [-0.4, -0.2) is 11.1 Å². The number of amides is 1. The van der Waals surface area contributed by atoms with Crippen LogP contribution in [0.4, 0.5) is 0 Å². The largest absolute Gasteiger partial charge is 0.289 e. The van der Waals surface area contributed by atoms with Gasteiger partial charge >= 0.3 is 0 Å². The van der Waals surface area contributed by atoms with Gasteiger partial charge in [-0.3, -0.25) is 10.0 Å². The summed E-state index contributed by atoms with van der Waals surface area (Å²) >= 11 is 0. The van der Waals surface area contributed by atoms with Crippen LogP contribution < -0.4 is 5.48 Å². The summed E-state index contributed by atoms with van der Waals surface area (Å²) in [6, 6.07) is 16.9. The molecule has 1 atom stereocenters. The Labute approximate surface area is 124 Å². The fraction of sp³-hybridized carbons (Fsp3) is 0.278. The first kappa shape index (κ1) is 13.8. The molecule has 0 heterocycles. The molecule has 1 amide bonds. The number of benzene rings is 2. The van der Waals surface area contributed by atoms with Crippen LogP contribution in [0.2, 0.25) is 0 Å². The van der Waals surface area contributed by atoms with Gasteiger partial charge in [-0.15, -0.1) is 0 Å². The van der Waals surface area contributed by atoms with Gasteiger partial charge in [-0.05, 0) is 47.9 Å². The molecule has 0 saturated heterocycles. The minimum absolute atomic E-state index is 0.116. The summed E-state index contributed by atoms with van der Waals surface area (Å²) in [6.45, 7) is 0. The third-order valence-electron chi connectivity index (χ3n) is 4.23. The van der Waals surface area contributed by atoms with Crippen LogP contribution in [0.1, 0.15) is 28.7 Å². The zero-order valence-electron chi connectivity index (χ0n) is 11.9. The van der Waals surface area contributed by atoms with Crippen LogP contribution >= 0.6 is 0 Å². The normalized spacial score (nSPS) is 17.1. The highest BCUT2D eigenvalue weighted by molar-refractivity contribution is 5.78. The summed E-state index contributed by atoms with van der Waals surface area (Å²) in [7, 11) is 0. The molecular weight excluding hydrogens is 262 g/mol. The lowest BCUT2D eigenvalue weighted by Gasteiger charge is -2.23. The van der Waals surface area contributed by atoms with Crippen LogP contribution in [-0.2, 0) is 24.1 Å². The second-order valence-electron chi connectivity index (χ2n) is 5.68. The van der Waals surface area contributed by atoms with Crippen LogP contribution in [0.5, 0.6) is 0 Å². The predicted molar refractivity (Wildman–Crippen MR) is 81.1 cm³/mol. The molecule has 0 aromatic heterocycles. The maximum Gasteiger partial charge on any atom is 0.246 e. The number of carbonyl (C=O) groups excluding carboxylic acids is 1. The molecule has 2 aromatic carbocycles. The summed E-state index contributed by atoms with van der Waals surface area (Å²) in [5.74, 6) is -0.386. The van der Waals surface area contributed by atoms with E-state index >= 15 is 0 Å². The van der Waals surface area contributed by atoms with Crippen LogP contribution in [0.15, 0.2) is 48.5 Å². The van der Waals surface area contributed by atoms with Crippen molar-refractivity contribution in [3.8, 4) is 0 Å². The number of fused-ring (bicyclic) bond motifs is 1. The summed E-state index contributed by atoms with van der Waals surface area (Å²) in [6.07, 6.45) is 3.33. The Kier molecular flexibility index (Phi) is 4.02. The molecule has 2 aromatic rings. The number of aryl methyl sites for hydroxylation is 1. The average Bonchev–Trinajstić information content (AvgIpc) is 2.54. The predicted octanol–water partition coefficient (Wildman–Crippen LogP) is 2.89. The monoisotopic (exact) mass is 281 g/mol. The zero-order valence-corrected chi connectivity index (χ0v) is 11.9. The molecule has 0 fully saturated rings. The van der Waals surface area contributed by atoms with E-state index in [9.17, 15) is 4.79 Å². The molecule has 3 heteroatoms. The molecule has 0 spiro atoms. The van der Waals surface area contributed by atoms with Gasteiger partial charge in [0.1, 0.15) is 0 Å². The summed E-state index contributed by atoms with van der Waals surface area (Å²) in [4.78, 5) is 11.6. The highest BCUT2D eigenvalue weighted by Crippen LogP contribution is 2.27. The molecule has 0 radical (unpaired) electrons. The maximum atomic E-state index is 11.6. The summed E-state index contributed by atoms with van der Waals surface area (Å²) < 4.78 is 0. The Morgan fingerprint density at radius 2 is 1.90 bits per heavy atom. The van der Waals surface area contributed by atoms with E-state index in [1.54, 1.807) is 5.48 Å². The van der Waals surface area contributed by atoms with E-state index in [2.05, 4.69) is 42.5 Å². The van der Waals surface area contributed by atoms with Gasteiger partial charge in [-0.2, -0.15) is 0 Å². The molecule has 1 aliphatic rings. The van der Waals surface area contributed by atoms with Gasteiger partial charge in [-0.1, -0.05) is 48.5 Å². The van der Waals surface area contributed by atoms with Crippen molar-refractivity contribution in [2.24, 2.45) is 5.92 Å². The minimum atomic E-state index is -0.269. The van der Waals surface area contributed by atoms with Gasteiger partial charge in [0.25, 0.3) is 0 Å². The van der Waals surface area contributed by atoms with Crippen molar-refractivity contribution in [3.63, 3.8) is 0 Å². The lowest BCUT2D eigenvalue weighted by atomic mass is 9.82. The van der Waals surface area contributed by atoms with Crippen molar-refractivity contribution < 1.29 is 10.0 Å². The smallest absolute Gasteiger partial charge is 0.246 e. The summed E-state index contributed by atoms with van der Waals surface area (Å²) in [5.41, 5.74) is 6.91. The van der Waals surface area contributed by atoms with E-state index < -0.39 is 0 Å². The van der Waals surface area contributed by atoms with E-state index in [0.717, 1.165) is 19.3 Å². The van der Waals surface area contributed by atoms with Crippen molar-refractivity contribution >= 4 is 5.91 Å². The minimum Gasteiger partial charge on any atom is -0.289 e. The molecule has 0 bridgehead atoms. The van der Waals surface area contributed by atoms with Crippen molar-refractivity contribution in [2.75, 3.05) is 0 Å². The van der Waals surface area contributed by atoms with Crippen molar-refractivity contribution in [2.45, 2.75) is 25.7 Å². The van der Waals surface area contributed by atoms with Gasteiger partial charge in [0, 0.05) is 5.92 Å². The Morgan fingerprint density at radius 3 is 2.67 bits per heavy atom. The van der Waals surface area contributed by atoms with E-state index in [1.165, 1.54) is 22.3 Å². The first-order valence-electron chi connectivity index (χ1n) is 7.35. The van der Waals surface area contributed by atoms with Gasteiger partial charge in [0.05, 0.1) is 0 Å². The van der Waals surface area contributed by atoms with Crippen molar-refractivity contribution in [3.05, 3.63) is 70.8 Å². The molecule has 1 unspecified atom stereocenters. The third kappa shape index (κ3) is 3.14. The van der Waals surface area contributed by atoms with Gasteiger partial charge in [-0.25, -0.2) is 5.48 Å². The van der Waals surface area contributed by atoms with Gasteiger partial charge < -0.3 is 0 Å². The number of hydroxylamine groups is 1. The van der Waals surface area contributed by atoms with Gasteiger partial charge in [0.15, 0.2) is 0 Å². The number of nitrogens with one attached hydrogen (secondary N) is 1. The molecule has 3 nitrogen and oxygen atoms in total. The second kappa shape index (κ2) is 6.10. The third-order valence-corrected chi connectivity index (χ3v) is 4.23. The summed E-state index contributed by atoms with van der Waals surface area (Å²) in [5, 5.41) is 8.78. The molecule has 2 N–H and O–H groups in total. The number of hydrogen-bond donors (Lipinski definition) is 2. The molecule has 0 saturated carbocycles. The number of rotatable bonds is 3. The molecule has 1 aliphatic carbocycles. The van der Waals surface area contributed by atoms with E-state index in [4.69, 9.17) is 5.21 Å². The second-order valence-corrected chi connectivity index (χ2v) is 5.68. The topological polar surface area (TPSA) is 49.3 Å². The van der Waals surface area contributed by atoms with E-state index in [1.807, 2.05) is 6.07 Å². The van der Waals surface area contributed by atoms with Gasteiger partial charge in [0.2, 0.25) is 5.91 Å². The van der Waals surface area contributed by atoms with E-state index in [0.29, 0.717) is 6.42 Å². The maximum absolute atomic E-state index is 11.6. The zero-order chi connectivity index (χ0) is 14.7. The van der Waals surface area contributed by atoms with Crippen molar-refractivity contribution in [1.29, 1.82) is 0 Å². The highest BCUT2D eigenvalue weighted by Gasteiger charge is 2.24. The molecular formula is C18H19NO2. The van der Waals surface area contributed by atoms with Crippen LogP contribution in [0.3, 0.4) is 0 Å². The fourth-order valence-corrected chi connectivity index (χ4v) is 3.07. The fourth-order valence-electron chi connectivity index (χ4n) is 3.07. The Bertz CT molecular complexity index is 637. The van der Waals surface area contributed by atoms with E-state index in [-0.39, 0.29) is 11.8 Å². The average molecular weight is 281 g/mol. The quantitative estimate of drug-likeness (QED) is 0.671. The Balaban J connectivity index is 1.79. The highest BCUT2D eigenvalue weighted by atomic mass is 16.5. The Morgan fingerprint density at radius 1 is 1.10 bits per heavy atom. The standard InChI is InChI=1S/C18H19NO2/c20-18(19-21)16-9-8-15-7-6-14(11-17(15)12-16)10-13-4-2-1-3-5-13/h1-7,11,16,21H,8-10,12H2,(H,19,20). The first-order valence-corrected chi connectivity index (χ1v) is 7.35. The number of carbonyl (C=O) groups is 1. The lowest BCUT2D eigenvalue weighted by molar-refractivity contribution is -0.133. The van der Waals surface area contributed by atoms with Crippen molar-refractivity contribution in [1.82, 2.24) is 5.48 Å². The lowest BCUT2D eigenvalue weighted by Crippen LogP contribution is -2.31. The van der Waals surface area contributed by atoms with Crippen LogP contribution in [0, 0.1) is 5.92 Å². The molecule has 21 heavy (non-hydrogen) atoms. The molecule has 0 aliphatic heterocycles. The first-order chi connectivity index (χ1) is 10.3. The Hall–Kier alpha value is -2.13. The SMILES string of the molecule is O=C(NO)C1CCc2ccc(Cc3ccccc3)cc2C1. The molecule has 3 rings (SSSR count).